The quantitative estimate of drug-likeness (QED) is 0.449. The summed E-state index contributed by atoms with van der Waals surface area (Å²) in [7, 11) is 3.24. The zero-order valence-electron chi connectivity index (χ0n) is 15.9. The lowest BCUT2D eigenvalue weighted by molar-refractivity contribution is 0.275. The maximum Gasteiger partial charge on any atom is 0.203 e. The Morgan fingerprint density at radius 2 is 1.50 bits per heavy atom. The lowest BCUT2D eigenvalue weighted by Crippen LogP contribution is -2.00. The van der Waals surface area contributed by atoms with Crippen LogP contribution in [0.1, 0.15) is 5.56 Å². The third-order valence-corrected chi connectivity index (χ3v) is 4.61. The highest BCUT2D eigenvalue weighted by molar-refractivity contribution is 5.84. The number of fused-ring (bicyclic) bond motifs is 1. The van der Waals surface area contributed by atoms with E-state index < -0.39 is 0 Å². The molecule has 4 nitrogen and oxygen atoms in total. The van der Waals surface area contributed by atoms with Gasteiger partial charge in [0.2, 0.25) is 5.75 Å². The second-order valence-corrected chi connectivity index (χ2v) is 6.40. The zero-order chi connectivity index (χ0) is 19.3. The molecule has 0 unspecified atom stereocenters. The second-order valence-electron chi connectivity index (χ2n) is 6.40. The van der Waals surface area contributed by atoms with Crippen molar-refractivity contribution in [2.45, 2.75) is 6.61 Å². The molecule has 28 heavy (non-hydrogen) atoms. The van der Waals surface area contributed by atoms with E-state index in [0.717, 1.165) is 27.6 Å². The van der Waals surface area contributed by atoms with Crippen LogP contribution in [-0.2, 0) is 6.61 Å². The summed E-state index contributed by atoms with van der Waals surface area (Å²) in [5, 5.41) is 1.08. The van der Waals surface area contributed by atoms with E-state index in [1.165, 1.54) is 0 Å². The average Bonchev–Trinajstić information content (AvgIpc) is 2.77. The van der Waals surface area contributed by atoms with Gasteiger partial charge in [-0.25, -0.2) is 0 Å². The van der Waals surface area contributed by atoms with Crippen molar-refractivity contribution in [1.29, 1.82) is 0 Å². The molecule has 0 aliphatic carbocycles. The molecule has 1 aromatic heterocycles. The van der Waals surface area contributed by atoms with Crippen LogP contribution in [-0.4, -0.2) is 19.2 Å². The van der Waals surface area contributed by atoms with Crippen LogP contribution >= 0.6 is 0 Å². The molecule has 0 fully saturated rings. The van der Waals surface area contributed by atoms with E-state index in [4.69, 9.17) is 14.2 Å². The number of nitrogens with zero attached hydrogens (tertiary/aromatic N) is 1. The third kappa shape index (κ3) is 3.62. The molecule has 0 bridgehead atoms. The molecule has 0 amide bonds. The van der Waals surface area contributed by atoms with Crippen molar-refractivity contribution in [3.05, 3.63) is 84.6 Å². The Morgan fingerprint density at radius 1 is 0.750 bits per heavy atom. The fraction of sp³-hybridized carbons (Fsp3) is 0.125. The van der Waals surface area contributed by atoms with Crippen LogP contribution < -0.4 is 14.2 Å². The van der Waals surface area contributed by atoms with Gasteiger partial charge in [0, 0.05) is 17.1 Å². The highest BCUT2D eigenvalue weighted by atomic mass is 16.5. The Labute approximate surface area is 164 Å². The highest BCUT2D eigenvalue weighted by Crippen LogP contribution is 2.42. The molecule has 0 atom stereocenters. The first-order valence-electron chi connectivity index (χ1n) is 9.06. The number of aromatic nitrogens is 1. The molecule has 1 heterocycles. The van der Waals surface area contributed by atoms with Gasteiger partial charge in [0.15, 0.2) is 11.5 Å². The van der Waals surface area contributed by atoms with Crippen LogP contribution in [0.25, 0.3) is 22.0 Å². The van der Waals surface area contributed by atoms with Crippen LogP contribution in [0.5, 0.6) is 17.2 Å². The molecule has 140 valence electrons. The minimum atomic E-state index is 0.444. The van der Waals surface area contributed by atoms with Gasteiger partial charge < -0.3 is 14.2 Å². The molecule has 0 aliphatic heterocycles. The number of para-hydroxylation sites is 1. The number of rotatable bonds is 6. The van der Waals surface area contributed by atoms with Crippen molar-refractivity contribution in [3.8, 4) is 28.4 Å². The second kappa shape index (κ2) is 8.01. The van der Waals surface area contributed by atoms with Gasteiger partial charge >= 0.3 is 0 Å². The molecule has 4 rings (SSSR count). The fourth-order valence-electron chi connectivity index (χ4n) is 3.17. The fourth-order valence-corrected chi connectivity index (χ4v) is 3.17. The van der Waals surface area contributed by atoms with Crippen molar-refractivity contribution in [2.75, 3.05) is 14.2 Å². The third-order valence-electron chi connectivity index (χ3n) is 4.61. The van der Waals surface area contributed by atoms with Gasteiger partial charge in [-0.2, -0.15) is 0 Å². The van der Waals surface area contributed by atoms with E-state index in [2.05, 4.69) is 17.1 Å². The van der Waals surface area contributed by atoms with Gasteiger partial charge in [-0.05, 0) is 35.4 Å². The van der Waals surface area contributed by atoms with E-state index in [1.54, 1.807) is 14.2 Å². The lowest BCUT2D eigenvalue weighted by atomic mass is 10.0. The summed E-state index contributed by atoms with van der Waals surface area (Å²) in [6.45, 7) is 0.444. The van der Waals surface area contributed by atoms with Crippen LogP contribution in [0.15, 0.2) is 79.0 Å². The van der Waals surface area contributed by atoms with Gasteiger partial charge in [-0.15, -0.1) is 0 Å². The molecule has 0 spiro atoms. The molecule has 4 heteroatoms. The summed E-state index contributed by atoms with van der Waals surface area (Å²) in [5.41, 5.74) is 4.00. The topological polar surface area (TPSA) is 40.6 Å². The number of hydrogen-bond acceptors (Lipinski definition) is 4. The van der Waals surface area contributed by atoms with Crippen molar-refractivity contribution in [1.82, 2.24) is 4.98 Å². The van der Waals surface area contributed by atoms with Gasteiger partial charge in [-0.3, -0.25) is 4.98 Å². The smallest absolute Gasteiger partial charge is 0.203 e. The minimum absolute atomic E-state index is 0.444. The first-order chi connectivity index (χ1) is 13.8. The van der Waals surface area contributed by atoms with Crippen molar-refractivity contribution >= 4 is 10.9 Å². The maximum atomic E-state index is 6.08. The summed E-state index contributed by atoms with van der Waals surface area (Å²) in [5.74, 6) is 1.83. The minimum Gasteiger partial charge on any atom is -0.493 e. The van der Waals surface area contributed by atoms with Crippen LogP contribution in [0.2, 0.25) is 0 Å². The molecule has 0 saturated heterocycles. The molecular weight excluding hydrogens is 350 g/mol. The number of ether oxygens (including phenoxy) is 3. The van der Waals surface area contributed by atoms with Gasteiger partial charge in [0.1, 0.15) is 6.61 Å². The van der Waals surface area contributed by atoms with Crippen molar-refractivity contribution < 1.29 is 14.2 Å². The Hall–Kier alpha value is -3.53. The maximum absolute atomic E-state index is 6.08. The first-order valence-corrected chi connectivity index (χ1v) is 9.06. The molecule has 3 aromatic carbocycles. The normalized spacial score (nSPS) is 10.6. The summed E-state index contributed by atoms with van der Waals surface area (Å²) < 4.78 is 17.2. The van der Waals surface area contributed by atoms with Crippen molar-refractivity contribution in [2.24, 2.45) is 0 Å². The number of hydrogen-bond donors (Lipinski definition) is 0. The van der Waals surface area contributed by atoms with E-state index in [0.29, 0.717) is 23.9 Å². The van der Waals surface area contributed by atoms with Crippen LogP contribution in [0.4, 0.5) is 0 Å². The number of pyridine rings is 1. The van der Waals surface area contributed by atoms with E-state index in [1.807, 2.05) is 66.9 Å². The number of benzene rings is 3. The Balaban J connectivity index is 1.74. The first kappa shape index (κ1) is 17.9. The van der Waals surface area contributed by atoms with E-state index >= 15 is 0 Å². The van der Waals surface area contributed by atoms with Crippen molar-refractivity contribution in [3.63, 3.8) is 0 Å². The molecule has 0 aliphatic rings. The lowest BCUT2D eigenvalue weighted by Gasteiger charge is -2.16. The van der Waals surface area contributed by atoms with Gasteiger partial charge in [0.25, 0.3) is 0 Å². The summed E-state index contributed by atoms with van der Waals surface area (Å²) in [6, 6.07) is 24.1. The molecule has 0 N–H and O–H groups in total. The predicted octanol–water partition coefficient (Wildman–Crippen LogP) is 5.50. The zero-order valence-corrected chi connectivity index (χ0v) is 15.9. The molecule has 4 aromatic rings. The van der Waals surface area contributed by atoms with Gasteiger partial charge in [0.05, 0.1) is 19.7 Å². The SMILES string of the molecule is COc1cc(-c2cnc3ccccc3c2)cc(OCc2ccccc2)c1OC. The summed E-state index contributed by atoms with van der Waals surface area (Å²) in [6.07, 6.45) is 1.87. The highest BCUT2D eigenvalue weighted by Gasteiger charge is 2.15. The predicted molar refractivity (Wildman–Crippen MR) is 111 cm³/mol. The number of methoxy groups -OCH3 is 2. The Bertz CT molecular complexity index is 1090. The Kier molecular flexibility index (Phi) is 5.11. The van der Waals surface area contributed by atoms with E-state index in [9.17, 15) is 0 Å². The standard InChI is InChI=1S/C24H21NO3/c1-26-22-13-19(20-12-18-10-6-7-11-21(18)25-15-20)14-23(24(22)27-2)28-16-17-8-4-3-5-9-17/h3-15H,16H2,1-2H3. The summed E-state index contributed by atoms with van der Waals surface area (Å²) in [4.78, 5) is 4.57. The average molecular weight is 371 g/mol. The van der Waals surface area contributed by atoms with Crippen LogP contribution in [0, 0.1) is 0 Å². The Morgan fingerprint density at radius 3 is 2.29 bits per heavy atom. The van der Waals surface area contributed by atoms with Gasteiger partial charge in [-0.1, -0.05) is 48.5 Å². The molecule has 0 saturated carbocycles. The molecule has 0 radical (unpaired) electrons. The molecular formula is C24H21NO3. The van der Waals surface area contributed by atoms with E-state index in [-0.39, 0.29) is 0 Å². The summed E-state index contributed by atoms with van der Waals surface area (Å²) >= 11 is 0. The monoisotopic (exact) mass is 371 g/mol. The largest absolute Gasteiger partial charge is 0.493 e. The van der Waals surface area contributed by atoms with Crippen LogP contribution in [0.3, 0.4) is 0 Å².